The van der Waals surface area contributed by atoms with Crippen LogP contribution in [0.15, 0.2) is 48.7 Å². The number of carbonyl (C=O) groups is 2. The number of amides is 2. The highest BCUT2D eigenvalue weighted by atomic mass is 32.1. The molecule has 27 heavy (non-hydrogen) atoms. The second-order valence-corrected chi connectivity index (χ2v) is 7.78. The van der Waals surface area contributed by atoms with E-state index in [0.717, 1.165) is 32.9 Å². The Kier molecular flexibility index (Phi) is 3.48. The molecule has 0 saturated carbocycles. The largest absolute Gasteiger partial charge is 0.301 e. The van der Waals surface area contributed by atoms with Crippen molar-refractivity contribution in [2.45, 2.75) is 12.8 Å². The van der Waals surface area contributed by atoms with Gasteiger partial charge >= 0.3 is 0 Å². The summed E-state index contributed by atoms with van der Waals surface area (Å²) in [5.41, 5.74) is 4.19. The van der Waals surface area contributed by atoms with E-state index in [1.807, 2.05) is 61.5 Å². The van der Waals surface area contributed by atoms with Crippen molar-refractivity contribution >= 4 is 51.8 Å². The average molecular weight is 373 g/mol. The van der Waals surface area contributed by atoms with Crippen molar-refractivity contribution in [2.75, 3.05) is 10.2 Å². The summed E-state index contributed by atoms with van der Waals surface area (Å²) in [6.45, 7) is 1.92. The maximum atomic E-state index is 13.4. The number of rotatable bonds is 2. The predicted molar refractivity (Wildman–Crippen MR) is 107 cm³/mol. The van der Waals surface area contributed by atoms with Crippen molar-refractivity contribution in [1.29, 1.82) is 0 Å². The summed E-state index contributed by atoms with van der Waals surface area (Å²) < 4.78 is 0. The van der Waals surface area contributed by atoms with Crippen LogP contribution >= 0.6 is 11.3 Å². The molecular formula is C21H15N3O2S. The first-order valence-electron chi connectivity index (χ1n) is 8.61. The quantitative estimate of drug-likeness (QED) is 0.680. The van der Waals surface area contributed by atoms with Gasteiger partial charge in [-0.05, 0) is 29.7 Å². The topological polar surface area (TPSA) is 62.3 Å². The number of anilines is 3. The Balaban J connectivity index is 1.63. The normalized spacial score (nSPS) is 16.7. The van der Waals surface area contributed by atoms with Gasteiger partial charge in [0.2, 0.25) is 11.8 Å². The highest BCUT2D eigenvalue weighted by Crippen LogP contribution is 2.47. The van der Waals surface area contributed by atoms with Gasteiger partial charge in [0.25, 0.3) is 0 Å². The van der Waals surface area contributed by atoms with E-state index in [-0.39, 0.29) is 11.8 Å². The monoisotopic (exact) mass is 373 g/mol. The second kappa shape index (κ2) is 5.89. The number of thiazole rings is 1. The lowest BCUT2D eigenvalue weighted by molar-refractivity contribution is -0.126. The van der Waals surface area contributed by atoms with Gasteiger partial charge in [-0.25, -0.2) is 4.98 Å². The number of nitrogens with one attached hydrogen (secondary N) is 1. The summed E-state index contributed by atoms with van der Waals surface area (Å²) in [4.78, 5) is 33.2. The zero-order valence-corrected chi connectivity index (χ0v) is 15.3. The third-order valence-corrected chi connectivity index (χ3v) is 5.66. The zero-order valence-electron chi connectivity index (χ0n) is 14.5. The lowest BCUT2D eigenvalue weighted by Gasteiger charge is -2.20. The van der Waals surface area contributed by atoms with Gasteiger partial charge in [-0.15, -0.1) is 11.3 Å². The third-order valence-electron chi connectivity index (χ3n) is 4.83. The number of carbonyl (C=O) groups excluding carboxylic acids is 2. The van der Waals surface area contributed by atoms with Gasteiger partial charge in [0.05, 0.1) is 11.4 Å². The minimum atomic E-state index is -0.885. The maximum absolute atomic E-state index is 13.4. The molecule has 2 amide bonds. The summed E-state index contributed by atoms with van der Waals surface area (Å²) in [6, 6.07) is 13.4. The van der Waals surface area contributed by atoms with Crippen LogP contribution in [0.5, 0.6) is 0 Å². The second-order valence-electron chi connectivity index (χ2n) is 6.55. The van der Waals surface area contributed by atoms with Crippen molar-refractivity contribution in [2.24, 2.45) is 0 Å². The molecule has 2 aromatic carbocycles. The Morgan fingerprint density at radius 2 is 1.89 bits per heavy atom. The molecule has 1 atom stereocenters. The van der Waals surface area contributed by atoms with Gasteiger partial charge in [-0.2, -0.15) is 0 Å². The van der Waals surface area contributed by atoms with Crippen LogP contribution in [-0.2, 0) is 9.59 Å². The zero-order chi connectivity index (χ0) is 18.5. The number of nitrogens with zero attached hydrogens (tertiary/aromatic N) is 2. The minimum Gasteiger partial charge on any atom is -0.301 e. The first kappa shape index (κ1) is 16.0. The van der Waals surface area contributed by atoms with E-state index in [1.165, 1.54) is 11.3 Å². The fourth-order valence-corrected chi connectivity index (χ4v) is 4.34. The maximum Gasteiger partial charge on any atom is 0.248 e. The molecule has 5 rings (SSSR count). The molecule has 1 unspecified atom stereocenters. The Hall–Kier alpha value is -3.25. The van der Waals surface area contributed by atoms with E-state index in [0.29, 0.717) is 5.13 Å². The van der Waals surface area contributed by atoms with Gasteiger partial charge in [0.1, 0.15) is 5.92 Å². The van der Waals surface area contributed by atoms with E-state index in [2.05, 4.69) is 10.3 Å². The molecule has 0 bridgehead atoms. The molecule has 0 radical (unpaired) electrons. The van der Waals surface area contributed by atoms with Crippen LogP contribution in [0.1, 0.15) is 27.5 Å². The molecule has 1 aromatic heterocycles. The van der Waals surface area contributed by atoms with Crippen molar-refractivity contribution in [3.63, 3.8) is 0 Å². The van der Waals surface area contributed by atoms with Crippen molar-refractivity contribution in [1.82, 2.24) is 4.98 Å². The summed E-state index contributed by atoms with van der Waals surface area (Å²) in [7, 11) is 0. The predicted octanol–water partition coefficient (Wildman–Crippen LogP) is 4.34. The fraction of sp³-hybridized carbons (Fsp3) is 0.0952. The molecule has 5 nitrogen and oxygen atoms in total. The standard InChI is InChI=1S/C21H15N3O2S/c1-12-11-22-21(27-12)23-19(25)17-15-7-4-6-14-10-9-13-5-2-3-8-16(13)24(18(14)15)20(17)26/h2-11,17H,1H3,(H,22,23,25). The summed E-state index contributed by atoms with van der Waals surface area (Å²) in [5, 5.41) is 3.31. The highest BCUT2D eigenvalue weighted by Gasteiger charge is 2.44. The molecule has 1 N–H and O–H groups in total. The fourth-order valence-electron chi connectivity index (χ4n) is 3.67. The Morgan fingerprint density at radius 3 is 2.70 bits per heavy atom. The minimum absolute atomic E-state index is 0.237. The van der Waals surface area contributed by atoms with E-state index in [4.69, 9.17) is 0 Å². The first-order valence-corrected chi connectivity index (χ1v) is 9.42. The van der Waals surface area contributed by atoms with E-state index < -0.39 is 5.92 Å². The smallest absolute Gasteiger partial charge is 0.248 e. The van der Waals surface area contributed by atoms with Crippen LogP contribution in [0.2, 0.25) is 0 Å². The van der Waals surface area contributed by atoms with Crippen LogP contribution in [0, 0.1) is 6.92 Å². The number of aryl methyl sites for hydroxylation is 1. The molecule has 132 valence electrons. The molecule has 0 fully saturated rings. The molecule has 2 aliphatic rings. The molecule has 0 saturated heterocycles. The van der Waals surface area contributed by atoms with Gasteiger partial charge in [0, 0.05) is 11.1 Å². The molecule has 3 heterocycles. The van der Waals surface area contributed by atoms with Crippen molar-refractivity contribution in [3.05, 3.63) is 70.2 Å². The van der Waals surface area contributed by atoms with Crippen LogP contribution < -0.4 is 10.2 Å². The van der Waals surface area contributed by atoms with Crippen molar-refractivity contribution in [3.8, 4) is 0 Å². The number of aromatic nitrogens is 1. The van der Waals surface area contributed by atoms with Crippen LogP contribution in [-0.4, -0.2) is 16.8 Å². The number of benzene rings is 2. The molecule has 2 aliphatic heterocycles. The van der Waals surface area contributed by atoms with Gasteiger partial charge in [-0.3, -0.25) is 14.5 Å². The molecule has 0 spiro atoms. The van der Waals surface area contributed by atoms with E-state index in [9.17, 15) is 9.59 Å². The lowest BCUT2D eigenvalue weighted by atomic mass is 9.97. The average Bonchev–Trinajstić information content (AvgIpc) is 3.14. The van der Waals surface area contributed by atoms with Crippen LogP contribution in [0.3, 0.4) is 0 Å². The van der Waals surface area contributed by atoms with Crippen molar-refractivity contribution < 1.29 is 9.59 Å². The highest BCUT2D eigenvalue weighted by molar-refractivity contribution is 7.15. The van der Waals surface area contributed by atoms with Gasteiger partial charge in [-0.1, -0.05) is 48.6 Å². The van der Waals surface area contributed by atoms with E-state index >= 15 is 0 Å². The Bertz CT molecular complexity index is 1130. The summed E-state index contributed by atoms with van der Waals surface area (Å²) in [5.74, 6) is -1.47. The molecule has 6 heteroatoms. The molecular weight excluding hydrogens is 358 g/mol. The third kappa shape index (κ3) is 2.41. The summed E-state index contributed by atoms with van der Waals surface area (Å²) >= 11 is 1.39. The molecule has 0 aliphatic carbocycles. The van der Waals surface area contributed by atoms with Crippen LogP contribution in [0.25, 0.3) is 12.2 Å². The Labute approximate surface area is 160 Å². The molecule has 3 aromatic rings. The van der Waals surface area contributed by atoms with Gasteiger partial charge in [0.15, 0.2) is 5.13 Å². The Morgan fingerprint density at radius 1 is 1.11 bits per heavy atom. The SMILES string of the molecule is Cc1cnc(NC(=O)C2C(=O)N3c4ccccc4C=Cc4cccc2c43)s1. The number of hydrogen-bond acceptors (Lipinski definition) is 4. The number of fused-ring (bicyclic) bond motifs is 2. The summed E-state index contributed by atoms with van der Waals surface area (Å²) in [6.07, 6.45) is 5.70. The van der Waals surface area contributed by atoms with E-state index in [1.54, 1.807) is 11.1 Å². The first-order chi connectivity index (χ1) is 13.1. The number of hydrogen-bond donors (Lipinski definition) is 1. The number of para-hydroxylation sites is 2. The van der Waals surface area contributed by atoms with Gasteiger partial charge < -0.3 is 5.32 Å². The van der Waals surface area contributed by atoms with Crippen LogP contribution in [0.4, 0.5) is 16.5 Å². The lowest BCUT2D eigenvalue weighted by Crippen LogP contribution is -2.31.